The maximum absolute atomic E-state index is 13.7. The molecule has 0 aliphatic carbocycles. The van der Waals surface area contributed by atoms with E-state index in [9.17, 15) is 23.2 Å². The van der Waals surface area contributed by atoms with Crippen LogP contribution >= 0.6 is 0 Å². The zero-order valence-corrected chi connectivity index (χ0v) is 20.5. The molecule has 9 nitrogen and oxygen atoms in total. The van der Waals surface area contributed by atoms with E-state index in [1.54, 1.807) is 41.9 Å². The average molecular weight is 528 g/mol. The third-order valence-corrected chi connectivity index (χ3v) is 6.32. The van der Waals surface area contributed by atoms with E-state index in [2.05, 4.69) is 26.6 Å². The topological polar surface area (TPSA) is 124 Å². The van der Waals surface area contributed by atoms with Crippen LogP contribution in [0, 0.1) is 22.7 Å². The van der Waals surface area contributed by atoms with E-state index < -0.39 is 17.6 Å². The molecular formula is C27H19F3N8O. The molecule has 0 bridgehead atoms. The number of amides is 1. The Balaban J connectivity index is 1.65. The van der Waals surface area contributed by atoms with Crippen LogP contribution in [-0.2, 0) is 19.8 Å². The molecule has 1 amide bonds. The predicted octanol–water partition coefficient (Wildman–Crippen LogP) is 4.92. The number of nitriles is 2. The number of nitrogens with zero attached hydrogens (tertiary/aromatic N) is 7. The van der Waals surface area contributed by atoms with Crippen LogP contribution in [0.3, 0.4) is 0 Å². The summed E-state index contributed by atoms with van der Waals surface area (Å²) in [5, 5.41) is 29.6. The Hall–Kier alpha value is -5.23. The number of carbonyl (C=O) groups is 1. The fraction of sp³-hybridized carbons (Fsp3) is 0.185. The summed E-state index contributed by atoms with van der Waals surface area (Å²) in [6, 6.07) is 16.0. The smallest absolute Gasteiger partial charge is 0.369 e. The van der Waals surface area contributed by atoms with Gasteiger partial charge in [0.05, 0.1) is 36.2 Å². The first-order chi connectivity index (χ1) is 18.7. The van der Waals surface area contributed by atoms with Crippen LogP contribution in [0.15, 0.2) is 54.9 Å². The number of hydrogen-bond donors (Lipinski definition) is 1. The zero-order chi connectivity index (χ0) is 27.7. The Morgan fingerprint density at radius 3 is 2.59 bits per heavy atom. The number of anilines is 2. The predicted molar refractivity (Wildman–Crippen MR) is 135 cm³/mol. The minimum atomic E-state index is -4.62. The van der Waals surface area contributed by atoms with E-state index >= 15 is 0 Å². The standard InChI is InChI=1S/C27H19F3N8O/c1-37-15-34-36-25(37)20-10-16(13-32)6-7-18(20)17-11-23(33-9-3-8-31)35-24(12-17)38-14-21-19(26(38)39)4-2-5-22(21)27(28,29)30/h2,4-7,10-12,15H,3,9,14H2,1H3,(H,33,35). The summed E-state index contributed by atoms with van der Waals surface area (Å²) in [6.07, 6.45) is -2.91. The van der Waals surface area contributed by atoms with Gasteiger partial charge >= 0.3 is 6.18 Å². The van der Waals surface area contributed by atoms with Crippen molar-refractivity contribution >= 4 is 17.5 Å². The second kappa shape index (κ2) is 9.91. The molecule has 194 valence electrons. The molecule has 12 heteroatoms. The van der Waals surface area contributed by atoms with Gasteiger partial charge in [-0.2, -0.15) is 23.7 Å². The number of benzene rings is 2. The molecule has 1 aliphatic rings. The van der Waals surface area contributed by atoms with Gasteiger partial charge in [0.15, 0.2) is 5.82 Å². The minimum Gasteiger partial charge on any atom is -0.369 e. The molecule has 0 saturated carbocycles. The van der Waals surface area contributed by atoms with Gasteiger partial charge < -0.3 is 9.88 Å². The molecule has 2 aromatic carbocycles. The number of aromatic nitrogens is 4. The molecule has 0 radical (unpaired) electrons. The number of halogens is 3. The van der Waals surface area contributed by atoms with Crippen LogP contribution in [-0.4, -0.2) is 32.2 Å². The number of alkyl halides is 3. The molecule has 0 atom stereocenters. The SMILES string of the molecule is Cn1cnnc1-c1cc(C#N)ccc1-c1cc(NCCC#N)nc(N2Cc3c(cccc3C(F)(F)F)C2=O)c1. The quantitative estimate of drug-likeness (QED) is 0.352. The number of aryl methyl sites for hydroxylation is 1. The van der Waals surface area contributed by atoms with Gasteiger partial charge in [0.1, 0.15) is 18.0 Å². The monoisotopic (exact) mass is 528 g/mol. The molecule has 5 rings (SSSR count). The van der Waals surface area contributed by atoms with Crippen LogP contribution in [0.2, 0.25) is 0 Å². The normalized spacial score (nSPS) is 12.7. The summed E-state index contributed by atoms with van der Waals surface area (Å²) in [5.74, 6) is 0.344. The fourth-order valence-corrected chi connectivity index (χ4v) is 4.51. The van der Waals surface area contributed by atoms with Crippen molar-refractivity contribution in [3.63, 3.8) is 0 Å². The number of fused-ring (bicyclic) bond motifs is 1. The van der Waals surface area contributed by atoms with E-state index in [4.69, 9.17) is 5.26 Å². The van der Waals surface area contributed by atoms with Crippen LogP contribution in [0.4, 0.5) is 24.8 Å². The van der Waals surface area contributed by atoms with Gasteiger partial charge in [-0.15, -0.1) is 10.2 Å². The highest BCUT2D eigenvalue weighted by molar-refractivity contribution is 6.10. The molecule has 2 aromatic heterocycles. The molecule has 1 N–H and O–H groups in total. The van der Waals surface area contributed by atoms with E-state index in [0.29, 0.717) is 33.9 Å². The summed E-state index contributed by atoms with van der Waals surface area (Å²) < 4.78 is 42.7. The Bertz CT molecular complexity index is 1680. The van der Waals surface area contributed by atoms with E-state index in [1.807, 2.05) is 6.07 Å². The fourth-order valence-electron chi connectivity index (χ4n) is 4.51. The van der Waals surface area contributed by atoms with Crippen molar-refractivity contribution in [3.8, 4) is 34.7 Å². The van der Waals surface area contributed by atoms with Gasteiger partial charge in [-0.3, -0.25) is 9.69 Å². The lowest BCUT2D eigenvalue weighted by Crippen LogP contribution is -2.24. The number of hydrogen-bond acceptors (Lipinski definition) is 7. The van der Waals surface area contributed by atoms with Crippen molar-refractivity contribution < 1.29 is 18.0 Å². The molecule has 0 fully saturated rings. The highest BCUT2D eigenvalue weighted by atomic mass is 19.4. The Kier molecular flexibility index (Phi) is 6.46. The average Bonchev–Trinajstić information content (AvgIpc) is 3.50. The highest BCUT2D eigenvalue weighted by Gasteiger charge is 2.40. The molecule has 0 spiro atoms. The molecule has 3 heterocycles. The molecule has 0 saturated heterocycles. The summed E-state index contributed by atoms with van der Waals surface area (Å²) in [7, 11) is 1.75. The Labute approximate surface area is 220 Å². The van der Waals surface area contributed by atoms with Gasteiger partial charge in [-0.05, 0) is 53.1 Å². The first kappa shape index (κ1) is 25.4. The number of pyridine rings is 1. The molecule has 0 unspecified atom stereocenters. The second-order valence-corrected chi connectivity index (χ2v) is 8.79. The lowest BCUT2D eigenvalue weighted by molar-refractivity contribution is -0.138. The van der Waals surface area contributed by atoms with Crippen molar-refractivity contribution in [2.75, 3.05) is 16.8 Å². The summed E-state index contributed by atoms with van der Waals surface area (Å²) in [5.41, 5.74) is 1.18. The molecular weight excluding hydrogens is 509 g/mol. The van der Waals surface area contributed by atoms with E-state index in [-0.39, 0.29) is 36.5 Å². The Morgan fingerprint density at radius 2 is 1.90 bits per heavy atom. The van der Waals surface area contributed by atoms with Crippen molar-refractivity contribution in [2.24, 2.45) is 7.05 Å². The first-order valence-electron chi connectivity index (χ1n) is 11.7. The van der Waals surface area contributed by atoms with Crippen LogP contribution in [0.5, 0.6) is 0 Å². The zero-order valence-electron chi connectivity index (χ0n) is 20.5. The van der Waals surface area contributed by atoms with Crippen molar-refractivity contribution in [3.05, 3.63) is 77.1 Å². The van der Waals surface area contributed by atoms with Crippen LogP contribution in [0.25, 0.3) is 22.5 Å². The summed E-state index contributed by atoms with van der Waals surface area (Å²) >= 11 is 0. The lowest BCUT2D eigenvalue weighted by atomic mass is 9.97. The molecule has 1 aliphatic heterocycles. The maximum Gasteiger partial charge on any atom is 0.416 e. The third-order valence-electron chi connectivity index (χ3n) is 6.32. The molecule has 39 heavy (non-hydrogen) atoms. The van der Waals surface area contributed by atoms with Gasteiger partial charge in [-0.1, -0.05) is 12.1 Å². The maximum atomic E-state index is 13.7. The largest absolute Gasteiger partial charge is 0.416 e. The van der Waals surface area contributed by atoms with E-state index in [0.717, 1.165) is 6.07 Å². The number of rotatable bonds is 6. The highest BCUT2D eigenvalue weighted by Crippen LogP contribution is 2.40. The van der Waals surface area contributed by atoms with Gasteiger partial charge in [0.25, 0.3) is 5.91 Å². The van der Waals surface area contributed by atoms with Crippen molar-refractivity contribution in [1.82, 2.24) is 19.7 Å². The van der Waals surface area contributed by atoms with Gasteiger partial charge in [0, 0.05) is 24.7 Å². The third kappa shape index (κ3) is 4.76. The van der Waals surface area contributed by atoms with Crippen LogP contribution in [0.1, 0.15) is 33.5 Å². The number of nitrogens with one attached hydrogen (secondary N) is 1. The number of carbonyl (C=O) groups excluding carboxylic acids is 1. The molecule has 4 aromatic rings. The lowest BCUT2D eigenvalue weighted by Gasteiger charge is -2.19. The Morgan fingerprint density at radius 1 is 1.08 bits per heavy atom. The summed E-state index contributed by atoms with van der Waals surface area (Å²) in [4.78, 5) is 19.0. The first-order valence-corrected chi connectivity index (χ1v) is 11.7. The summed E-state index contributed by atoms with van der Waals surface area (Å²) in [6.45, 7) is -0.0379. The van der Waals surface area contributed by atoms with Gasteiger partial charge in [-0.25, -0.2) is 4.98 Å². The minimum absolute atomic E-state index is 0.0332. The van der Waals surface area contributed by atoms with Crippen LogP contribution < -0.4 is 10.2 Å². The second-order valence-electron chi connectivity index (χ2n) is 8.79. The van der Waals surface area contributed by atoms with Crippen molar-refractivity contribution in [1.29, 1.82) is 10.5 Å². The van der Waals surface area contributed by atoms with Crippen molar-refractivity contribution in [2.45, 2.75) is 19.1 Å². The van der Waals surface area contributed by atoms with Gasteiger partial charge in [0.2, 0.25) is 0 Å². The van der Waals surface area contributed by atoms with E-state index in [1.165, 1.54) is 23.4 Å².